The summed E-state index contributed by atoms with van der Waals surface area (Å²) in [6, 6.07) is 0. The van der Waals surface area contributed by atoms with Crippen LogP contribution in [0.15, 0.2) is 23.3 Å². The number of allylic oxidation sites excluding steroid dienone is 4. The van der Waals surface area contributed by atoms with Crippen LogP contribution in [0.4, 0.5) is 0 Å². The van der Waals surface area contributed by atoms with Gasteiger partial charge in [0.25, 0.3) is 0 Å². The van der Waals surface area contributed by atoms with E-state index in [2.05, 4.69) is 55.5 Å². The molecule has 1 aliphatic rings. The van der Waals surface area contributed by atoms with Gasteiger partial charge in [0.2, 0.25) is 0 Å². The smallest absolute Gasteiger partial charge is 0.0587 e. The normalized spacial score (nSPS) is 34.2. The molecular formula is C8H11I. The lowest BCUT2D eigenvalue weighted by Gasteiger charge is -2.14. The molecule has 0 aromatic carbocycles. The van der Waals surface area contributed by atoms with Crippen molar-refractivity contribution in [3.8, 4) is 0 Å². The summed E-state index contributed by atoms with van der Waals surface area (Å²) < 4.78 is 0.293. The Morgan fingerprint density at radius 1 is 1.44 bits per heavy atom. The minimum Gasteiger partial charge on any atom is -0.0697 e. The second kappa shape index (κ2) is 2.11. The Kier molecular flexibility index (Phi) is 1.72. The molecule has 9 heavy (non-hydrogen) atoms. The zero-order chi connectivity index (χ0) is 7.07. The van der Waals surface area contributed by atoms with Crippen molar-refractivity contribution >= 4 is 22.6 Å². The van der Waals surface area contributed by atoms with Crippen LogP contribution < -0.4 is 0 Å². The van der Waals surface area contributed by atoms with Gasteiger partial charge in [0.15, 0.2) is 0 Å². The fraction of sp³-hybridized carbons (Fsp3) is 0.500. The minimum absolute atomic E-state index is 0.293. The summed E-state index contributed by atoms with van der Waals surface area (Å²) >= 11 is 2.46. The van der Waals surface area contributed by atoms with Gasteiger partial charge in [-0.2, -0.15) is 0 Å². The number of hydrogen-bond donors (Lipinski definition) is 0. The molecule has 1 unspecified atom stereocenters. The monoisotopic (exact) mass is 234 g/mol. The van der Waals surface area contributed by atoms with E-state index >= 15 is 0 Å². The maximum absolute atomic E-state index is 2.46. The van der Waals surface area contributed by atoms with Crippen LogP contribution in [0, 0.1) is 0 Å². The van der Waals surface area contributed by atoms with Crippen molar-refractivity contribution < 1.29 is 0 Å². The van der Waals surface area contributed by atoms with Crippen molar-refractivity contribution in [2.45, 2.75) is 24.2 Å². The lowest BCUT2D eigenvalue weighted by Crippen LogP contribution is -2.09. The second-order valence-electron chi connectivity index (χ2n) is 2.72. The summed E-state index contributed by atoms with van der Waals surface area (Å²) in [6.45, 7) is 6.59. The summed E-state index contributed by atoms with van der Waals surface area (Å²) in [6.07, 6.45) is 4.44. The van der Waals surface area contributed by atoms with Crippen LogP contribution in [0.3, 0.4) is 0 Å². The third-order valence-corrected chi connectivity index (χ3v) is 3.14. The summed E-state index contributed by atoms with van der Waals surface area (Å²) in [4.78, 5) is 0. The van der Waals surface area contributed by atoms with E-state index in [1.165, 1.54) is 11.1 Å². The molecule has 0 fully saturated rings. The largest absolute Gasteiger partial charge is 0.0697 e. The van der Waals surface area contributed by atoms with Crippen molar-refractivity contribution in [1.82, 2.24) is 0 Å². The van der Waals surface area contributed by atoms with E-state index in [1.807, 2.05) is 0 Å². The molecule has 0 radical (unpaired) electrons. The first-order valence-corrected chi connectivity index (χ1v) is 4.18. The van der Waals surface area contributed by atoms with Gasteiger partial charge in [-0.25, -0.2) is 0 Å². The number of halogens is 1. The van der Waals surface area contributed by atoms with Gasteiger partial charge in [0, 0.05) is 0 Å². The lowest BCUT2D eigenvalue weighted by atomic mass is 10.1. The Labute approximate surface area is 70.2 Å². The van der Waals surface area contributed by atoms with Gasteiger partial charge in [0.1, 0.15) is 0 Å². The lowest BCUT2D eigenvalue weighted by molar-refractivity contribution is 0.981. The van der Waals surface area contributed by atoms with E-state index in [-0.39, 0.29) is 0 Å². The van der Waals surface area contributed by atoms with Crippen LogP contribution in [-0.2, 0) is 0 Å². The van der Waals surface area contributed by atoms with Gasteiger partial charge in [0.05, 0.1) is 3.42 Å². The zero-order valence-electron chi connectivity index (χ0n) is 6.03. The number of alkyl halides is 1. The highest BCUT2D eigenvalue weighted by atomic mass is 127. The first-order valence-electron chi connectivity index (χ1n) is 3.10. The van der Waals surface area contributed by atoms with Crippen molar-refractivity contribution in [3.63, 3.8) is 0 Å². The summed E-state index contributed by atoms with van der Waals surface area (Å²) in [5.41, 5.74) is 2.91. The molecule has 0 bridgehead atoms. The number of rotatable bonds is 0. The molecule has 0 aromatic rings. The highest BCUT2D eigenvalue weighted by Gasteiger charge is 2.23. The first kappa shape index (κ1) is 7.32. The van der Waals surface area contributed by atoms with Crippen LogP contribution in [-0.4, -0.2) is 3.42 Å². The topological polar surface area (TPSA) is 0 Å². The second-order valence-corrected chi connectivity index (χ2v) is 4.96. The molecule has 0 aromatic heterocycles. The van der Waals surface area contributed by atoms with E-state index < -0.39 is 0 Å². The van der Waals surface area contributed by atoms with E-state index in [0.29, 0.717) is 3.42 Å². The summed E-state index contributed by atoms with van der Waals surface area (Å²) in [5.74, 6) is 0. The highest BCUT2D eigenvalue weighted by molar-refractivity contribution is 14.1. The van der Waals surface area contributed by atoms with Crippen molar-refractivity contribution in [2.24, 2.45) is 0 Å². The molecule has 1 rings (SSSR count). The van der Waals surface area contributed by atoms with Crippen LogP contribution >= 0.6 is 22.6 Å². The van der Waals surface area contributed by atoms with Crippen LogP contribution in [0.5, 0.6) is 0 Å². The van der Waals surface area contributed by atoms with E-state index in [1.54, 1.807) is 0 Å². The quantitative estimate of drug-likeness (QED) is 0.446. The molecule has 0 saturated carbocycles. The fourth-order valence-corrected chi connectivity index (χ4v) is 1.52. The molecule has 0 nitrogen and oxygen atoms in total. The summed E-state index contributed by atoms with van der Waals surface area (Å²) in [5, 5.41) is 0. The third-order valence-electron chi connectivity index (χ3n) is 1.97. The maximum atomic E-state index is 2.46. The zero-order valence-corrected chi connectivity index (χ0v) is 8.19. The molecule has 0 aliphatic heterocycles. The van der Waals surface area contributed by atoms with Crippen molar-refractivity contribution in [3.05, 3.63) is 23.3 Å². The van der Waals surface area contributed by atoms with Gasteiger partial charge in [-0.3, -0.25) is 0 Å². The first-order chi connectivity index (χ1) is 4.04. The Bertz CT molecular complexity index is 185. The van der Waals surface area contributed by atoms with Gasteiger partial charge in [-0.15, -0.1) is 0 Å². The fourth-order valence-electron chi connectivity index (χ4n) is 0.917. The highest BCUT2D eigenvalue weighted by Crippen LogP contribution is 2.36. The molecule has 0 spiro atoms. The Morgan fingerprint density at radius 2 is 2.00 bits per heavy atom. The third kappa shape index (κ3) is 1.20. The molecule has 0 heterocycles. The molecule has 1 heteroatoms. The summed E-state index contributed by atoms with van der Waals surface area (Å²) in [7, 11) is 0. The Morgan fingerprint density at radius 3 is 2.11 bits per heavy atom. The van der Waals surface area contributed by atoms with E-state index in [4.69, 9.17) is 0 Å². The molecule has 0 N–H and O–H groups in total. The predicted octanol–water partition coefficient (Wildman–Crippen LogP) is 3.09. The molecule has 0 saturated heterocycles. The molecule has 50 valence electrons. The Balaban J connectivity index is 3.01. The maximum Gasteiger partial charge on any atom is 0.0587 e. The van der Waals surface area contributed by atoms with E-state index in [9.17, 15) is 0 Å². The van der Waals surface area contributed by atoms with Gasteiger partial charge >= 0.3 is 0 Å². The van der Waals surface area contributed by atoms with Gasteiger partial charge < -0.3 is 0 Å². The standard InChI is InChI=1S/C8H11I/c1-6-4-5-8(3,9)7(6)2/h4-5H,1-3H3. The predicted molar refractivity (Wildman–Crippen MR) is 49.9 cm³/mol. The Hall–Kier alpha value is 0.210. The van der Waals surface area contributed by atoms with Crippen molar-refractivity contribution in [1.29, 1.82) is 0 Å². The van der Waals surface area contributed by atoms with Gasteiger partial charge in [-0.1, -0.05) is 45.9 Å². The average molecular weight is 234 g/mol. The molecule has 0 amide bonds. The number of hydrogen-bond acceptors (Lipinski definition) is 0. The van der Waals surface area contributed by atoms with Crippen LogP contribution in [0.1, 0.15) is 20.8 Å². The molecular weight excluding hydrogens is 223 g/mol. The van der Waals surface area contributed by atoms with Crippen LogP contribution in [0.25, 0.3) is 0 Å². The molecule has 1 atom stereocenters. The van der Waals surface area contributed by atoms with Crippen molar-refractivity contribution in [2.75, 3.05) is 0 Å². The SMILES string of the molecule is CC1=C(C)C(C)(I)C=C1. The van der Waals surface area contributed by atoms with Crippen LogP contribution in [0.2, 0.25) is 0 Å². The molecule has 1 aliphatic carbocycles. The minimum atomic E-state index is 0.293. The van der Waals surface area contributed by atoms with Gasteiger partial charge in [-0.05, 0) is 20.8 Å². The average Bonchev–Trinajstić information content (AvgIpc) is 1.97. The van der Waals surface area contributed by atoms with E-state index in [0.717, 1.165) is 0 Å².